The fraction of sp³-hybridized carbons (Fsp3) is 0.478. The maximum Gasteiger partial charge on any atom is 0.242 e. The second-order valence-electron chi connectivity index (χ2n) is 7.99. The van der Waals surface area contributed by atoms with Gasteiger partial charge in [-0.05, 0) is 68.0 Å². The minimum Gasteiger partial charge on any atom is -0.494 e. The van der Waals surface area contributed by atoms with Gasteiger partial charge in [-0.1, -0.05) is 6.92 Å². The molecule has 2 fully saturated rings. The maximum absolute atomic E-state index is 14.7. The quantitative estimate of drug-likeness (QED) is 0.832. The number of carbonyl (C=O) groups excluding carboxylic acids is 1. The zero-order chi connectivity index (χ0) is 20.6. The van der Waals surface area contributed by atoms with E-state index < -0.39 is 5.54 Å². The molecule has 6 heteroatoms. The highest BCUT2D eigenvalue weighted by Gasteiger charge is 2.50. The fourth-order valence-corrected chi connectivity index (χ4v) is 4.58. The third kappa shape index (κ3) is 3.50. The summed E-state index contributed by atoms with van der Waals surface area (Å²) in [6.45, 7) is 5.26. The van der Waals surface area contributed by atoms with Crippen molar-refractivity contribution in [1.82, 2.24) is 15.2 Å². The van der Waals surface area contributed by atoms with Crippen molar-refractivity contribution in [1.29, 1.82) is 0 Å². The summed E-state index contributed by atoms with van der Waals surface area (Å²) in [6, 6.07) is 6.84. The van der Waals surface area contributed by atoms with E-state index in [0.717, 1.165) is 49.0 Å². The molecular weight excluding hydrogens is 369 g/mol. The Balaban J connectivity index is 1.68. The molecule has 1 aromatic heterocycles. The number of hydrogen-bond acceptors (Lipinski definition) is 4. The smallest absolute Gasteiger partial charge is 0.242 e. The molecule has 1 aromatic carbocycles. The number of aryl methyl sites for hydroxylation is 1. The van der Waals surface area contributed by atoms with Crippen LogP contribution in [0, 0.1) is 5.82 Å². The van der Waals surface area contributed by atoms with Crippen LogP contribution in [0.25, 0.3) is 11.1 Å². The molecule has 4 rings (SSSR count). The number of rotatable bonds is 5. The molecule has 2 aromatic rings. The number of aromatic nitrogens is 1. The van der Waals surface area contributed by atoms with Gasteiger partial charge < -0.3 is 9.64 Å². The van der Waals surface area contributed by atoms with Crippen molar-refractivity contribution in [2.24, 2.45) is 0 Å². The number of nitrogens with one attached hydrogen (secondary N) is 1. The monoisotopic (exact) mass is 397 g/mol. The summed E-state index contributed by atoms with van der Waals surface area (Å²) in [5.74, 6) is 0.548. The number of pyridine rings is 1. The van der Waals surface area contributed by atoms with Crippen molar-refractivity contribution in [2.45, 2.75) is 51.1 Å². The number of benzene rings is 1. The molecular formula is C23H28FN3O2. The first-order valence-corrected chi connectivity index (χ1v) is 10.4. The van der Waals surface area contributed by atoms with E-state index in [-0.39, 0.29) is 17.8 Å². The Morgan fingerprint density at radius 2 is 2.10 bits per heavy atom. The number of halogens is 1. The molecule has 2 saturated heterocycles. The summed E-state index contributed by atoms with van der Waals surface area (Å²) in [6.07, 6.45) is 5.07. The number of ether oxygens (including phenoxy) is 1. The van der Waals surface area contributed by atoms with Gasteiger partial charge in [0.05, 0.1) is 18.3 Å². The third-order valence-electron chi connectivity index (χ3n) is 6.22. The first-order valence-electron chi connectivity index (χ1n) is 10.4. The second-order valence-corrected chi connectivity index (χ2v) is 7.99. The third-order valence-corrected chi connectivity index (χ3v) is 6.22. The van der Waals surface area contributed by atoms with Gasteiger partial charge >= 0.3 is 0 Å². The Morgan fingerprint density at radius 3 is 2.79 bits per heavy atom. The fourth-order valence-electron chi connectivity index (χ4n) is 4.58. The van der Waals surface area contributed by atoms with E-state index in [0.29, 0.717) is 17.9 Å². The largest absolute Gasteiger partial charge is 0.494 e. The van der Waals surface area contributed by atoms with Crippen molar-refractivity contribution < 1.29 is 13.9 Å². The zero-order valence-electron chi connectivity index (χ0n) is 17.3. The molecule has 0 radical (unpaired) electrons. The van der Waals surface area contributed by atoms with Crippen LogP contribution >= 0.6 is 0 Å². The van der Waals surface area contributed by atoms with Gasteiger partial charge in [-0.15, -0.1) is 0 Å². The summed E-state index contributed by atoms with van der Waals surface area (Å²) in [5, 5.41) is 3.55. The number of amides is 1. The van der Waals surface area contributed by atoms with Gasteiger partial charge in [-0.3, -0.25) is 15.1 Å². The Bertz CT molecular complexity index is 932. The molecule has 1 N–H and O–H groups in total. The molecule has 0 bridgehead atoms. The molecule has 2 aliphatic rings. The SMILES string of the molecule is CCOc1ccc(F)c(-c2cc([C@@H]3CC[C@]4(CCN(C)C4=O)N3)ncc2CC)c1. The molecule has 1 spiro atoms. The van der Waals surface area contributed by atoms with Gasteiger partial charge in [0, 0.05) is 25.4 Å². The molecule has 3 heterocycles. The van der Waals surface area contributed by atoms with Gasteiger partial charge in [0.1, 0.15) is 17.1 Å². The minimum absolute atomic E-state index is 0.00626. The van der Waals surface area contributed by atoms with Gasteiger partial charge in [0.2, 0.25) is 5.91 Å². The van der Waals surface area contributed by atoms with Crippen LogP contribution in [-0.4, -0.2) is 41.5 Å². The lowest BCUT2D eigenvalue weighted by atomic mass is 9.95. The van der Waals surface area contributed by atoms with Crippen LogP contribution in [0.1, 0.15) is 50.4 Å². The normalized spacial score (nSPS) is 23.9. The van der Waals surface area contributed by atoms with Crippen LogP contribution in [0.4, 0.5) is 4.39 Å². The summed E-state index contributed by atoms with van der Waals surface area (Å²) < 4.78 is 20.3. The molecule has 5 nitrogen and oxygen atoms in total. The van der Waals surface area contributed by atoms with Gasteiger partial charge in [0.15, 0.2) is 0 Å². The molecule has 154 valence electrons. The van der Waals surface area contributed by atoms with E-state index in [1.807, 2.05) is 33.2 Å². The van der Waals surface area contributed by atoms with Crippen molar-refractivity contribution in [2.75, 3.05) is 20.2 Å². The van der Waals surface area contributed by atoms with Crippen LogP contribution in [0.3, 0.4) is 0 Å². The Kier molecular flexibility index (Phi) is 5.30. The summed E-state index contributed by atoms with van der Waals surface area (Å²) >= 11 is 0. The standard InChI is InChI=1S/C23H28FN3O2/c1-4-15-14-25-21(20-8-9-23(26-20)10-11-27(3)22(23)28)13-17(15)18-12-16(29-5-2)6-7-19(18)24/h6-7,12-14,20,26H,4-5,8-11H2,1-3H3/t20-,23+/m0/s1. The summed E-state index contributed by atoms with van der Waals surface area (Å²) in [4.78, 5) is 19.1. The van der Waals surface area contributed by atoms with E-state index in [2.05, 4.69) is 10.3 Å². The first-order chi connectivity index (χ1) is 14.0. The lowest BCUT2D eigenvalue weighted by Crippen LogP contribution is -2.47. The Hall–Kier alpha value is -2.47. The lowest BCUT2D eigenvalue weighted by Gasteiger charge is -2.23. The van der Waals surface area contributed by atoms with E-state index in [4.69, 9.17) is 4.74 Å². The molecule has 0 unspecified atom stereocenters. The van der Waals surface area contributed by atoms with Crippen LogP contribution < -0.4 is 10.1 Å². The second kappa shape index (κ2) is 7.75. The lowest BCUT2D eigenvalue weighted by molar-refractivity contribution is -0.131. The van der Waals surface area contributed by atoms with Crippen molar-refractivity contribution >= 4 is 5.91 Å². The minimum atomic E-state index is -0.467. The first kappa shape index (κ1) is 19.8. The van der Waals surface area contributed by atoms with Crippen LogP contribution in [0.2, 0.25) is 0 Å². The average Bonchev–Trinajstić information content (AvgIpc) is 3.29. The molecule has 0 aliphatic carbocycles. The Labute approximate surface area is 171 Å². The highest BCUT2D eigenvalue weighted by Crippen LogP contribution is 2.40. The predicted octanol–water partition coefficient (Wildman–Crippen LogP) is 3.87. The Morgan fingerprint density at radius 1 is 1.28 bits per heavy atom. The number of likely N-dealkylation sites (tertiary alicyclic amines) is 1. The van der Waals surface area contributed by atoms with Crippen LogP contribution in [-0.2, 0) is 11.2 Å². The number of likely N-dealkylation sites (N-methyl/N-ethyl adjacent to an activating group) is 1. The topological polar surface area (TPSA) is 54.5 Å². The molecule has 2 atom stereocenters. The summed E-state index contributed by atoms with van der Waals surface area (Å²) in [7, 11) is 1.85. The van der Waals surface area contributed by atoms with E-state index in [9.17, 15) is 9.18 Å². The highest BCUT2D eigenvalue weighted by molar-refractivity contribution is 5.88. The molecule has 1 amide bonds. The maximum atomic E-state index is 14.7. The van der Waals surface area contributed by atoms with E-state index >= 15 is 0 Å². The van der Waals surface area contributed by atoms with E-state index in [1.165, 1.54) is 6.07 Å². The van der Waals surface area contributed by atoms with Crippen LogP contribution in [0.5, 0.6) is 5.75 Å². The van der Waals surface area contributed by atoms with Gasteiger partial charge in [-0.2, -0.15) is 0 Å². The van der Waals surface area contributed by atoms with Crippen LogP contribution in [0.15, 0.2) is 30.5 Å². The van der Waals surface area contributed by atoms with Gasteiger partial charge in [-0.25, -0.2) is 4.39 Å². The van der Waals surface area contributed by atoms with E-state index in [1.54, 1.807) is 17.0 Å². The predicted molar refractivity (Wildman–Crippen MR) is 110 cm³/mol. The number of hydrogen-bond donors (Lipinski definition) is 1. The number of nitrogens with zero attached hydrogens (tertiary/aromatic N) is 2. The molecule has 29 heavy (non-hydrogen) atoms. The highest BCUT2D eigenvalue weighted by atomic mass is 19.1. The molecule has 2 aliphatic heterocycles. The van der Waals surface area contributed by atoms with Crippen molar-refractivity contribution in [3.8, 4) is 16.9 Å². The van der Waals surface area contributed by atoms with Crippen molar-refractivity contribution in [3.63, 3.8) is 0 Å². The average molecular weight is 397 g/mol. The zero-order valence-corrected chi connectivity index (χ0v) is 17.3. The molecule has 0 saturated carbocycles. The van der Waals surface area contributed by atoms with Gasteiger partial charge in [0.25, 0.3) is 0 Å². The van der Waals surface area contributed by atoms with Crippen molar-refractivity contribution in [3.05, 3.63) is 47.5 Å². The summed E-state index contributed by atoms with van der Waals surface area (Å²) in [5.41, 5.74) is 2.75. The number of carbonyl (C=O) groups is 1.